The number of rotatable bonds is 2. The second kappa shape index (κ2) is 6.12. The summed E-state index contributed by atoms with van der Waals surface area (Å²) in [5, 5.41) is 0. The molecule has 1 spiro atoms. The third-order valence-corrected chi connectivity index (χ3v) is 7.62. The minimum atomic E-state index is 0.211. The van der Waals surface area contributed by atoms with Gasteiger partial charge in [-0.2, -0.15) is 0 Å². The quantitative estimate of drug-likeness (QED) is 0.818. The molecule has 0 bridgehead atoms. The van der Waals surface area contributed by atoms with Gasteiger partial charge in [-0.25, -0.2) is 0 Å². The van der Waals surface area contributed by atoms with E-state index in [1.807, 2.05) is 0 Å². The van der Waals surface area contributed by atoms with E-state index >= 15 is 0 Å². The molecule has 3 saturated heterocycles. The lowest BCUT2D eigenvalue weighted by Gasteiger charge is -2.54. The first-order valence-electron chi connectivity index (χ1n) is 10.3. The SMILES string of the molecule is O=C1CC[C@@H]2CN(Cc3ccccc3)CC[C@@]23C[C@H]2CCCC[C@@H]2N13. The lowest BCUT2D eigenvalue weighted by Crippen LogP contribution is -2.63. The van der Waals surface area contributed by atoms with E-state index in [2.05, 4.69) is 40.1 Å². The average Bonchev–Trinajstić information content (AvgIpc) is 2.98. The highest BCUT2D eigenvalue weighted by molar-refractivity contribution is 5.79. The van der Waals surface area contributed by atoms with Crippen LogP contribution in [0.4, 0.5) is 0 Å². The van der Waals surface area contributed by atoms with Crippen molar-refractivity contribution in [2.75, 3.05) is 13.1 Å². The van der Waals surface area contributed by atoms with E-state index in [1.165, 1.54) is 50.6 Å². The lowest BCUT2D eigenvalue weighted by atomic mass is 9.70. The van der Waals surface area contributed by atoms with Crippen LogP contribution in [0.25, 0.3) is 0 Å². The predicted octanol–water partition coefficient (Wildman–Crippen LogP) is 3.83. The average molecular weight is 338 g/mol. The van der Waals surface area contributed by atoms with Crippen molar-refractivity contribution in [3.63, 3.8) is 0 Å². The van der Waals surface area contributed by atoms with Crippen molar-refractivity contribution in [2.24, 2.45) is 11.8 Å². The van der Waals surface area contributed by atoms with Crippen molar-refractivity contribution < 1.29 is 4.79 Å². The molecule has 4 atom stereocenters. The monoisotopic (exact) mass is 338 g/mol. The molecule has 1 aromatic rings. The Balaban J connectivity index is 1.37. The van der Waals surface area contributed by atoms with Gasteiger partial charge in [0.25, 0.3) is 0 Å². The minimum Gasteiger partial charge on any atom is -0.333 e. The smallest absolute Gasteiger partial charge is 0.223 e. The molecule has 25 heavy (non-hydrogen) atoms. The summed E-state index contributed by atoms with van der Waals surface area (Å²) >= 11 is 0. The van der Waals surface area contributed by atoms with Crippen LogP contribution in [0.3, 0.4) is 0 Å². The Labute approximate surface area is 151 Å². The number of fused-ring (bicyclic) bond motifs is 2. The molecule has 0 radical (unpaired) electrons. The maximum Gasteiger partial charge on any atom is 0.223 e. The molecule has 1 aromatic carbocycles. The van der Waals surface area contributed by atoms with Crippen molar-refractivity contribution in [3.05, 3.63) is 35.9 Å². The summed E-state index contributed by atoms with van der Waals surface area (Å²) in [6.07, 6.45) is 9.72. The summed E-state index contributed by atoms with van der Waals surface area (Å²) in [6, 6.07) is 11.4. The molecular formula is C22H30N2O. The predicted molar refractivity (Wildman–Crippen MR) is 99.0 cm³/mol. The zero-order valence-corrected chi connectivity index (χ0v) is 15.2. The van der Waals surface area contributed by atoms with Crippen molar-refractivity contribution >= 4 is 5.91 Å². The first-order chi connectivity index (χ1) is 12.3. The Morgan fingerprint density at radius 2 is 1.92 bits per heavy atom. The Morgan fingerprint density at radius 1 is 1.08 bits per heavy atom. The first kappa shape index (κ1) is 15.9. The van der Waals surface area contributed by atoms with Gasteiger partial charge in [0.05, 0.1) is 0 Å². The van der Waals surface area contributed by atoms with Crippen LogP contribution in [0.2, 0.25) is 0 Å². The molecule has 3 heteroatoms. The Morgan fingerprint density at radius 3 is 2.80 bits per heavy atom. The van der Waals surface area contributed by atoms with Crippen LogP contribution < -0.4 is 0 Å². The van der Waals surface area contributed by atoms with E-state index in [1.54, 1.807) is 0 Å². The minimum absolute atomic E-state index is 0.211. The number of piperidine rings is 2. The second-order valence-corrected chi connectivity index (χ2v) is 8.89. The maximum absolute atomic E-state index is 12.9. The van der Waals surface area contributed by atoms with Crippen LogP contribution in [0.5, 0.6) is 0 Å². The number of carbonyl (C=O) groups excluding carboxylic acids is 1. The van der Waals surface area contributed by atoms with Gasteiger partial charge in [0.2, 0.25) is 5.91 Å². The van der Waals surface area contributed by atoms with Gasteiger partial charge in [-0.3, -0.25) is 9.69 Å². The number of hydrogen-bond donors (Lipinski definition) is 0. The van der Waals surface area contributed by atoms with Gasteiger partial charge in [0.1, 0.15) is 0 Å². The number of carbonyl (C=O) groups is 1. The van der Waals surface area contributed by atoms with Gasteiger partial charge < -0.3 is 4.90 Å². The van der Waals surface area contributed by atoms with E-state index in [4.69, 9.17) is 0 Å². The van der Waals surface area contributed by atoms with E-state index in [0.29, 0.717) is 17.9 Å². The van der Waals surface area contributed by atoms with E-state index in [0.717, 1.165) is 31.8 Å². The molecule has 1 amide bonds. The summed E-state index contributed by atoms with van der Waals surface area (Å²) in [5.41, 5.74) is 1.63. The normalized spacial score (nSPS) is 38.2. The third-order valence-electron chi connectivity index (χ3n) is 7.62. The molecule has 3 aliphatic heterocycles. The highest BCUT2D eigenvalue weighted by Crippen LogP contribution is 2.54. The van der Waals surface area contributed by atoms with Crippen LogP contribution >= 0.6 is 0 Å². The topological polar surface area (TPSA) is 23.6 Å². The molecule has 3 nitrogen and oxygen atoms in total. The molecule has 0 aromatic heterocycles. The lowest BCUT2D eigenvalue weighted by molar-refractivity contribution is -0.151. The summed E-state index contributed by atoms with van der Waals surface area (Å²) < 4.78 is 0. The summed E-state index contributed by atoms with van der Waals surface area (Å²) in [6.45, 7) is 3.39. The van der Waals surface area contributed by atoms with Crippen LogP contribution in [0.15, 0.2) is 30.3 Å². The largest absolute Gasteiger partial charge is 0.333 e. The van der Waals surface area contributed by atoms with E-state index < -0.39 is 0 Å². The Kier molecular flexibility index (Phi) is 3.89. The molecule has 3 heterocycles. The van der Waals surface area contributed by atoms with Crippen molar-refractivity contribution in [2.45, 2.75) is 69.5 Å². The van der Waals surface area contributed by atoms with Crippen molar-refractivity contribution in [1.82, 2.24) is 9.80 Å². The number of likely N-dealkylation sites (tertiary alicyclic amines) is 1. The van der Waals surface area contributed by atoms with E-state index in [-0.39, 0.29) is 5.54 Å². The molecule has 1 saturated carbocycles. The molecular weight excluding hydrogens is 308 g/mol. The first-order valence-corrected chi connectivity index (χ1v) is 10.3. The zero-order chi connectivity index (χ0) is 16.9. The van der Waals surface area contributed by atoms with Gasteiger partial charge >= 0.3 is 0 Å². The van der Waals surface area contributed by atoms with Crippen LogP contribution in [0.1, 0.15) is 56.9 Å². The third kappa shape index (κ3) is 2.54. The molecule has 1 aliphatic carbocycles. The van der Waals surface area contributed by atoms with Crippen LogP contribution in [-0.2, 0) is 11.3 Å². The van der Waals surface area contributed by atoms with Crippen LogP contribution in [-0.4, -0.2) is 40.4 Å². The molecule has 0 N–H and O–H groups in total. The second-order valence-electron chi connectivity index (χ2n) is 8.89. The summed E-state index contributed by atoms with van der Waals surface area (Å²) in [5.74, 6) is 1.95. The van der Waals surface area contributed by atoms with Crippen molar-refractivity contribution in [3.8, 4) is 0 Å². The standard InChI is InChI=1S/C22H30N2O/c25-21-11-10-19-16-23(15-17-6-2-1-3-7-17)13-12-22(19)14-18-8-4-5-9-20(18)24(21)22/h1-3,6-7,18-20H,4-5,8-16H2/t18-,19-,20+,22-/m1/s1. The molecule has 134 valence electrons. The Hall–Kier alpha value is -1.35. The van der Waals surface area contributed by atoms with Gasteiger partial charge in [-0.05, 0) is 49.5 Å². The number of benzene rings is 1. The van der Waals surface area contributed by atoms with Crippen LogP contribution in [0, 0.1) is 11.8 Å². The highest BCUT2D eigenvalue weighted by atomic mass is 16.2. The molecule has 5 rings (SSSR count). The maximum atomic E-state index is 12.9. The highest BCUT2D eigenvalue weighted by Gasteiger charge is 2.60. The number of nitrogens with zero attached hydrogens (tertiary/aromatic N) is 2. The van der Waals surface area contributed by atoms with Gasteiger partial charge in [0, 0.05) is 37.6 Å². The fourth-order valence-corrected chi connectivity index (χ4v) is 6.56. The zero-order valence-electron chi connectivity index (χ0n) is 15.2. The van der Waals surface area contributed by atoms with Gasteiger partial charge in [0.15, 0.2) is 0 Å². The van der Waals surface area contributed by atoms with Gasteiger partial charge in [-0.15, -0.1) is 0 Å². The number of amides is 1. The fraction of sp³-hybridized carbons (Fsp3) is 0.682. The van der Waals surface area contributed by atoms with Crippen molar-refractivity contribution in [1.29, 1.82) is 0 Å². The number of hydrogen-bond acceptors (Lipinski definition) is 2. The molecule has 4 fully saturated rings. The molecule has 0 unspecified atom stereocenters. The van der Waals surface area contributed by atoms with Gasteiger partial charge in [-0.1, -0.05) is 43.2 Å². The molecule has 4 aliphatic rings. The summed E-state index contributed by atoms with van der Waals surface area (Å²) in [7, 11) is 0. The summed E-state index contributed by atoms with van der Waals surface area (Å²) in [4.78, 5) is 18.0. The van der Waals surface area contributed by atoms with E-state index in [9.17, 15) is 4.79 Å². The fourth-order valence-electron chi connectivity index (χ4n) is 6.56. The Bertz CT molecular complexity index is 645.